The molecule has 1 aromatic heterocycles. The number of carbonyl (C=O) groups excluding carboxylic acids is 1. The number of rotatable bonds is 6. The van der Waals surface area contributed by atoms with Gasteiger partial charge in [-0.15, -0.1) is 12.4 Å². The first kappa shape index (κ1) is 16.2. The van der Waals surface area contributed by atoms with E-state index in [4.69, 9.17) is 5.73 Å². The minimum atomic E-state index is -0.0172. The van der Waals surface area contributed by atoms with Crippen LogP contribution in [-0.4, -0.2) is 22.2 Å². The second-order valence-electron chi connectivity index (χ2n) is 4.29. The zero-order chi connectivity index (χ0) is 13.5. The van der Waals surface area contributed by atoms with E-state index >= 15 is 0 Å². The Morgan fingerprint density at radius 3 is 2.65 bits per heavy atom. The van der Waals surface area contributed by atoms with Gasteiger partial charge in [0.15, 0.2) is 0 Å². The molecule has 0 atom stereocenters. The third kappa shape index (κ3) is 4.68. The van der Waals surface area contributed by atoms with Gasteiger partial charge in [-0.3, -0.25) is 9.48 Å². The molecule has 2 aromatic rings. The second kappa shape index (κ2) is 8.35. The molecule has 2 rings (SSSR count). The average molecular weight is 295 g/mol. The fourth-order valence-corrected chi connectivity index (χ4v) is 1.87. The van der Waals surface area contributed by atoms with E-state index in [2.05, 4.69) is 10.4 Å². The predicted molar refractivity (Wildman–Crippen MR) is 80.5 cm³/mol. The maximum atomic E-state index is 11.4. The largest absolute Gasteiger partial charge is 0.352 e. The number of carbonyl (C=O) groups is 1. The fourth-order valence-electron chi connectivity index (χ4n) is 1.87. The van der Waals surface area contributed by atoms with Crippen LogP contribution in [0.3, 0.4) is 0 Å². The zero-order valence-electron chi connectivity index (χ0n) is 11.2. The van der Waals surface area contributed by atoms with Crippen LogP contribution in [-0.2, 0) is 17.9 Å². The average Bonchev–Trinajstić information content (AvgIpc) is 2.91. The summed E-state index contributed by atoms with van der Waals surface area (Å²) in [5, 5.41) is 7.06. The van der Waals surface area contributed by atoms with Gasteiger partial charge in [-0.2, -0.15) is 5.10 Å². The zero-order valence-corrected chi connectivity index (χ0v) is 12.0. The van der Waals surface area contributed by atoms with Gasteiger partial charge >= 0.3 is 0 Å². The molecule has 0 saturated carbocycles. The summed E-state index contributed by atoms with van der Waals surface area (Å²) in [5.41, 5.74) is 7.60. The molecular formula is C14H19ClN4O. The van der Waals surface area contributed by atoms with Crippen LogP contribution in [0.1, 0.15) is 17.5 Å². The maximum Gasteiger partial charge on any atom is 0.221 e. The lowest BCUT2D eigenvalue weighted by atomic mass is 10.1. The van der Waals surface area contributed by atoms with Crippen molar-refractivity contribution in [2.45, 2.75) is 19.5 Å². The molecule has 0 aliphatic rings. The van der Waals surface area contributed by atoms with Crippen molar-refractivity contribution in [2.24, 2.45) is 5.73 Å². The number of nitrogens with two attached hydrogens (primary N) is 1. The van der Waals surface area contributed by atoms with Crippen LogP contribution in [0.2, 0.25) is 0 Å². The Bertz CT molecular complexity index is 528. The molecule has 0 radical (unpaired) electrons. The number of nitrogens with one attached hydrogen (secondary N) is 1. The van der Waals surface area contributed by atoms with E-state index in [0.29, 0.717) is 26.1 Å². The second-order valence-corrected chi connectivity index (χ2v) is 4.29. The van der Waals surface area contributed by atoms with Crippen molar-refractivity contribution >= 4 is 18.3 Å². The van der Waals surface area contributed by atoms with Crippen LogP contribution in [0.4, 0.5) is 0 Å². The lowest BCUT2D eigenvalue weighted by Crippen LogP contribution is -2.25. The van der Waals surface area contributed by atoms with Gasteiger partial charge in [0.05, 0.1) is 6.54 Å². The summed E-state index contributed by atoms with van der Waals surface area (Å²) in [6.07, 6.45) is 4.04. The molecule has 1 aromatic carbocycles. The first-order chi connectivity index (χ1) is 9.29. The Kier molecular flexibility index (Phi) is 6.76. The molecule has 5 nitrogen and oxygen atoms in total. The number of halogens is 1. The highest BCUT2D eigenvalue weighted by atomic mass is 35.5. The van der Waals surface area contributed by atoms with Gasteiger partial charge in [-0.25, -0.2) is 0 Å². The van der Waals surface area contributed by atoms with Crippen LogP contribution in [0.5, 0.6) is 0 Å². The normalized spacial score (nSPS) is 9.85. The standard InChI is InChI=1S/C14H18N4O.ClH/c15-7-6-14(19)16-10-12-4-1-2-5-13(12)11-18-9-3-8-17-18;/h1-5,8-9H,6-7,10-11,15H2,(H,16,19);1H. The summed E-state index contributed by atoms with van der Waals surface area (Å²) in [7, 11) is 0. The highest BCUT2D eigenvalue weighted by Crippen LogP contribution is 2.10. The van der Waals surface area contributed by atoms with Gasteiger partial charge in [-0.05, 0) is 17.2 Å². The molecular weight excluding hydrogens is 276 g/mol. The van der Waals surface area contributed by atoms with E-state index in [-0.39, 0.29) is 18.3 Å². The molecule has 1 heterocycles. The summed E-state index contributed by atoms with van der Waals surface area (Å²) in [5.74, 6) is -0.0172. The van der Waals surface area contributed by atoms with E-state index in [0.717, 1.165) is 11.1 Å². The predicted octanol–water partition coefficient (Wildman–Crippen LogP) is 1.32. The first-order valence-electron chi connectivity index (χ1n) is 6.30. The number of hydrogen-bond donors (Lipinski definition) is 2. The number of aromatic nitrogens is 2. The smallest absolute Gasteiger partial charge is 0.221 e. The lowest BCUT2D eigenvalue weighted by molar-refractivity contribution is -0.121. The Morgan fingerprint density at radius 2 is 2.00 bits per heavy atom. The minimum absolute atomic E-state index is 0. The molecule has 0 unspecified atom stereocenters. The van der Waals surface area contributed by atoms with Crippen LogP contribution >= 0.6 is 12.4 Å². The van der Waals surface area contributed by atoms with Crippen LogP contribution < -0.4 is 11.1 Å². The van der Waals surface area contributed by atoms with E-state index in [1.165, 1.54) is 0 Å². The highest BCUT2D eigenvalue weighted by Gasteiger charge is 2.05. The Labute approximate surface area is 124 Å². The SMILES string of the molecule is Cl.NCCC(=O)NCc1ccccc1Cn1cccn1. The summed E-state index contributed by atoms with van der Waals surface area (Å²) in [4.78, 5) is 11.4. The quantitative estimate of drug-likeness (QED) is 0.844. The van der Waals surface area contributed by atoms with Gasteiger partial charge in [-0.1, -0.05) is 24.3 Å². The summed E-state index contributed by atoms with van der Waals surface area (Å²) >= 11 is 0. The number of benzene rings is 1. The minimum Gasteiger partial charge on any atom is -0.352 e. The molecule has 3 N–H and O–H groups in total. The number of amides is 1. The fraction of sp³-hybridized carbons (Fsp3) is 0.286. The molecule has 108 valence electrons. The van der Waals surface area contributed by atoms with Crippen molar-refractivity contribution in [3.05, 3.63) is 53.9 Å². The maximum absolute atomic E-state index is 11.4. The van der Waals surface area contributed by atoms with E-state index < -0.39 is 0 Å². The summed E-state index contributed by atoms with van der Waals surface area (Å²) < 4.78 is 1.86. The van der Waals surface area contributed by atoms with E-state index in [9.17, 15) is 4.79 Å². The van der Waals surface area contributed by atoms with Crippen LogP contribution in [0, 0.1) is 0 Å². The molecule has 6 heteroatoms. The number of nitrogens with zero attached hydrogens (tertiary/aromatic N) is 2. The molecule has 0 spiro atoms. The Morgan fingerprint density at radius 1 is 1.25 bits per heavy atom. The van der Waals surface area contributed by atoms with Gasteiger partial charge < -0.3 is 11.1 Å². The highest BCUT2D eigenvalue weighted by molar-refractivity contribution is 5.85. The van der Waals surface area contributed by atoms with Crippen LogP contribution in [0.25, 0.3) is 0 Å². The monoisotopic (exact) mass is 294 g/mol. The summed E-state index contributed by atoms with van der Waals surface area (Å²) in [6.45, 7) is 1.60. The van der Waals surface area contributed by atoms with Gasteiger partial charge in [0.25, 0.3) is 0 Å². The van der Waals surface area contributed by atoms with Gasteiger partial charge in [0.2, 0.25) is 5.91 Å². The van der Waals surface area contributed by atoms with Crippen molar-refractivity contribution in [3.8, 4) is 0 Å². The molecule has 0 aliphatic heterocycles. The molecule has 0 bridgehead atoms. The van der Waals surface area contributed by atoms with Crippen molar-refractivity contribution in [1.29, 1.82) is 0 Å². The van der Waals surface area contributed by atoms with Crippen molar-refractivity contribution < 1.29 is 4.79 Å². The van der Waals surface area contributed by atoms with E-state index in [1.54, 1.807) is 6.20 Å². The third-order valence-corrected chi connectivity index (χ3v) is 2.86. The van der Waals surface area contributed by atoms with E-state index in [1.807, 2.05) is 41.2 Å². The van der Waals surface area contributed by atoms with Crippen molar-refractivity contribution in [1.82, 2.24) is 15.1 Å². The lowest BCUT2D eigenvalue weighted by Gasteiger charge is -2.10. The van der Waals surface area contributed by atoms with Gasteiger partial charge in [0, 0.05) is 31.9 Å². The molecule has 1 amide bonds. The van der Waals surface area contributed by atoms with Gasteiger partial charge in [0.1, 0.15) is 0 Å². The Balaban J connectivity index is 0.00000200. The number of hydrogen-bond acceptors (Lipinski definition) is 3. The summed E-state index contributed by atoms with van der Waals surface area (Å²) in [6, 6.07) is 9.92. The molecule has 0 saturated heterocycles. The van der Waals surface area contributed by atoms with Crippen molar-refractivity contribution in [2.75, 3.05) is 6.54 Å². The molecule has 0 aliphatic carbocycles. The Hall–Kier alpha value is -1.85. The molecule has 20 heavy (non-hydrogen) atoms. The topological polar surface area (TPSA) is 72.9 Å². The van der Waals surface area contributed by atoms with Crippen molar-refractivity contribution in [3.63, 3.8) is 0 Å². The third-order valence-electron chi connectivity index (χ3n) is 2.86. The molecule has 0 fully saturated rings. The first-order valence-corrected chi connectivity index (χ1v) is 6.30. The van der Waals surface area contributed by atoms with Crippen LogP contribution in [0.15, 0.2) is 42.7 Å².